The quantitative estimate of drug-likeness (QED) is 0.646. The molecule has 1 aliphatic heterocycles. The summed E-state index contributed by atoms with van der Waals surface area (Å²) in [5, 5.41) is 0. The van der Waals surface area contributed by atoms with Gasteiger partial charge in [0.15, 0.2) is 0 Å². The normalized spacial score (nSPS) is 27.7. The average Bonchev–Trinajstić information content (AvgIpc) is 2.80. The van der Waals surface area contributed by atoms with Gasteiger partial charge in [-0.25, -0.2) is 0 Å². The maximum atomic E-state index is 11.6. The minimum absolute atomic E-state index is 0.140. The molecule has 2 N–H and O–H groups in total. The molecule has 0 spiro atoms. The van der Waals surface area contributed by atoms with Crippen LogP contribution in [0.5, 0.6) is 0 Å². The lowest BCUT2D eigenvalue weighted by Crippen LogP contribution is -2.44. The second-order valence-corrected chi connectivity index (χ2v) is 3.87. The number of likely N-dealkylation sites (tertiary alicyclic amines) is 1. The zero-order chi connectivity index (χ0) is 9.42. The smallest absolute Gasteiger partial charge is 0.240 e. The van der Waals surface area contributed by atoms with Gasteiger partial charge in [-0.2, -0.15) is 0 Å². The van der Waals surface area contributed by atoms with Gasteiger partial charge in [0, 0.05) is 12.5 Å². The van der Waals surface area contributed by atoms with Gasteiger partial charge in [0.25, 0.3) is 0 Å². The van der Waals surface area contributed by atoms with Crippen molar-refractivity contribution in [2.24, 2.45) is 11.7 Å². The van der Waals surface area contributed by atoms with Crippen molar-refractivity contribution in [1.29, 1.82) is 0 Å². The van der Waals surface area contributed by atoms with Crippen LogP contribution in [-0.2, 0) is 9.59 Å². The molecule has 2 rings (SSSR count). The number of carbonyl (C=O) groups is 2. The lowest BCUT2D eigenvalue weighted by molar-refractivity contribution is -0.138. The van der Waals surface area contributed by atoms with Gasteiger partial charge in [0.1, 0.15) is 6.04 Å². The Morgan fingerprint density at radius 3 is 2.46 bits per heavy atom. The molecule has 72 valence electrons. The standard InChI is InChI=1S/C9H14N2O2/c10-8(12)7-2-1-5-11(7)9(13)6-3-4-6/h6-7H,1-5H2,(H2,10,12)/t7-/m0/s1. The Hall–Kier alpha value is -1.06. The highest BCUT2D eigenvalue weighted by Crippen LogP contribution is 2.33. The van der Waals surface area contributed by atoms with Crippen LogP contribution in [0.2, 0.25) is 0 Å². The van der Waals surface area contributed by atoms with Crippen molar-refractivity contribution < 1.29 is 9.59 Å². The van der Waals surface area contributed by atoms with E-state index in [1.807, 2.05) is 0 Å². The van der Waals surface area contributed by atoms with Gasteiger partial charge < -0.3 is 10.6 Å². The molecular formula is C9H14N2O2. The van der Waals surface area contributed by atoms with Crippen LogP contribution in [0.3, 0.4) is 0 Å². The molecule has 0 aromatic rings. The fraction of sp³-hybridized carbons (Fsp3) is 0.778. The third-order valence-corrected chi connectivity index (χ3v) is 2.79. The van der Waals surface area contributed by atoms with E-state index < -0.39 is 0 Å². The first-order chi connectivity index (χ1) is 6.20. The van der Waals surface area contributed by atoms with Crippen LogP contribution >= 0.6 is 0 Å². The summed E-state index contributed by atoms with van der Waals surface area (Å²) in [5.41, 5.74) is 5.21. The number of carbonyl (C=O) groups excluding carboxylic acids is 2. The van der Waals surface area contributed by atoms with Crippen LogP contribution in [0.15, 0.2) is 0 Å². The summed E-state index contributed by atoms with van der Waals surface area (Å²) >= 11 is 0. The van der Waals surface area contributed by atoms with Gasteiger partial charge in [0.05, 0.1) is 0 Å². The Bertz CT molecular complexity index is 248. The van der Waals surface area contributed by atoms with Crippen molar-refractivity contribution >= 4 is 11.8 Å². The molecule has 2 amide bonds. The van der Waals surface area contributed by atoms with Gasteiger partial charge in [-0.1, -0.05) is 0 Å². The largest absolute Gasteiger partial charge is 0.368 e. The van der Waals surface area contributed by atoms with E-state index in [9.17, 15) is 9.59 Å². The van der Waals surface area contributed by atoms with E-state index in [1.54, 1.807) is 4.90 Å². The van der Waals surface area contributed by atoms with E-state index >= 15 is 0 Å². The molecule has 1 heterocycles. The summed E-state index contributed by atoms with van der Waals surface area (Å²) in [4.78, 5) is 24.3. The first kappa shape index (κ1) is 8.53. The van der Waals surface area contributed by atoms with Crippen molar-refractivity contribution in [3.63, 3.8) is 0 Å². The van der Waals surface area contributed by atoms with E-state index in [-0.39, 0.29) is 23.8 Å². The van der Waals surface area contributed by atoms with Crippen molar-refractivity contribution in [2.45, 2.75) is 31.7 Å². The van der Waals surface area contributed by atoms with E-state index in [0.29, 0.717) is 6.54 Å². The Morgan fingerprint density at radius 1 is 1.23 bits per heavy atom. The van der Waals surface area contributed by atoms with Crippen molar-refractivity contribution in [3.05, 3.63) is 0 Å². The Balaban J connectivity index is 2.03. The van der Waals surface area contributed by atoms with E-state index in [2.05, 4.69) is 0 Å². The zero-order valence-corrected chi connectivity index (χ0v) is 7.53. The molecule has 1 atom stereocenters. The Kier molecular flexibility index (Phi) is 1.98. The van der Waals surface area contributed by atoms with E-state index in [0.717, 1.165) is 25.7 Å². The third-order valence-electron chi connectivity index (χ3n) is 2.79. The summed E-state index contributed by atoms with van der Waals surface area (Å²) in [6.45, 7) is 0.711. The van der Waals surface area contributed by atoms with Crippen LogP contribution in [0.1, 0.15) is 25.7 Å². The number of amides is 2. The van der Waals surface area contributed by atoms with Crippen LogP contribution in [0.4, 0.5) is 0 Å². The maximum absolute atomic E-state index is 11.6. The summed E-state index contributed by atoms with van der Waals surface area (Å²) in [7, 11) is 0. The minimum Gasteiger partial charge on any atom is -0.368 e. The molecule has 0 aromatic heterocycles. The number of primary amides is 1. The van der Waals surface area contributed by atoms with Crippen LogP contribution in [0, 0.1) is 5.92 Å². The second kappa shape index (κ2) is 3.01. The van der Waals surface area contributed by atoms with Crippen LogP contribution in [-0.4, -0.2) is 29.3 Å². The highest BCUT2D eigenvalue weighted by atomic mass is 16.2. The highest BCUT2D eigenvalue weighted by molar-refractivity contribution is 5.89. The third kappa shape index (κ3) is 1.53. The molecule has 1 saturated heterocycles. The predicted molar refractivity (Wildman–Crippen MR) is 46.7 cm³/mol. The SMILES string of the molecule is NC(=O)[C@@H]1CCCN1C(=O)C1CC1. The first-order valence-electron chi connectivity index (χ1n) is 4.80. The number of rotatable bonds is 2. The Labute approximate surface area is 77.1 Å². The molecule has 4 nitrogen and oxygen atoms in total. The van der Waals surface area contributed by atoms with E-state index in [4.69, 9.17) is 5.73 Å². The van der Waals surface area contributed by atoms with Crippen molar-refractivity contribution in [1.82, 2.24) is 4.90 Å². The molecule has 0 aromatic carbocycles. The average molecular weight is 182 g/mol. The van der Waals surface area contributed by atoms with Crippen LogP contribution in [0.25, 0.3) is 0 Å². The van der Waals surface area contributed by atoms with Gasteiger partial charge >= 0.3 is 0 Å². The highest BCUT2D eigenvalue weighted by Gasteiger charge is 2.39. The molecule has 0 bridgehead atoms. The molecule has 1 aliphatic carbocycles. The fourth-order valence-electron chi connectivity index (χ4n) is 1.89. The number of hydrogen-bond donors (Lipinski definition) is 1. The summed E-state index contributed by atoms with van der Waals surface area (Å²) in [6, 6.07) is -0.326. The summed E-state index contributed by atoms with van der Waals surface area (Å²) in [6.07, 6.45) is 3.63. The Morgan fingerprint density at radius 2 is 1.92 bits per heavy atom. The van der Waals surface area contributed by atoms with Crippen molar-refractivity contribution in [2.75, 3.05) is 6.54 Å². The molecule has 2 aliphatic rings. The minimum atomic E-state index is -0.355. The van der Waals surface area contributed by atoms with Crippen LogP contribution < -0.4 is 5.73 Å². The first-order valence-corrected chi connectivity index (χ1v) is 4.80. The second-order valence-electron chi connectivity index (χ2n) is 3.87. The van der Waals surface area contributed by atoms with Crippen molar-refractivity contribution in [3.8, 4) is 0 Å². The molecule has 13 heavy (non-hydrogen) atoms. The lowest BCUT2D eigenvalue weighted by Gasteiger charge is -2.21. The van der Waals surface area contributed by atoms with Gasteiger partial charge in [-0.05, 0) is 25.7 Å². The maximum Gasteiger partial charge on any atom is 0.240 e. The number of hydrogen-bond acceptors (Lipinski definition) is 2. The zero-order valence-electron chi connectivity index (χ0n) is 7.53. The molecule has 4 heteroatoms. The topological polar surface area (TPSA) is 63.4 Å². The van der Waals surface area contributed by atoms with E-state index in [1.165, 1.54) is 0 Å². The summed E-state index contributed by atoms with van der Waals surface area (Å²) < 4.78 is 0. The number of nitrogens with zero attached hydrogens (tertiary/aromatic N) is 1. The van der Waals surface area contributed by atoms with Gasteiger partial charge in [-0.3, -0.25) is 9.59 Å². The van der Waals surface area contributed by atoms with Gasteiger partial charge in [-0.15, -0.1) is 0 Å². The number of nitrogens with two attached hydrogens (primary N) is 1. The molecule has 1 saturated carbocycles. The predicted octanol–water partition coefficient (Wildman–Crippen LogP) is -0.127. The lowest BCUT2D eigenvalue weighted by atomic mass is 10.2. The molecule has 0 radical (unpaired) electrons. The fourth-order valence-corrected chi connectivity index (χ4v) is 1.89. The molecule has 2 fully saturated rings. The monoisotopic (exact) mass is 182 g/mol. The molecular weight excluding hydrogens is 168 g/mol. The van der Waals surface area contributed by atoms with Gasteiger partial charge in [0.2, 0.25) is 11.8 Å². The summed E-state index contributed by atoms with van der Waals surface area (Å²) in [5.74, 6) is -0.0206. The molecule has 0 unspecified atom stereocenters.